The molecule has 10 aromatic rings. The van der Waals surface area contributed by atoms with Gasteiger partial charge in [0.25, 0.3) is 0 Å². The van der Waals surface area contributed by atoms with Crippen LogP contribution < -0.4 is 9.64 Å². The van der Waals surface area contributed by atoms with Gasteiger partial charge in [-0.1, -0.05) is 182 Å². The Morgan fingerprint density at radius 1 is 0.295 bits per heavy atom. The van der Waals surface area contributed by atoms with Crippen molar-refractivity contribution >= 4 is 27.8 Å². The molecule has 0 fully saturated rings. The van der Waals surface area contributed by atoms with Crippen LogP contribution in [0.2, 0.25) is 0 Å². The van der Waals surface area contributed by atoms with Gasteiger partial charge in [-0.3, -0.25) is 0 Å². The van der Waals surface area contributed by atoms with E-state index in [4.69, 9.17) is 4.74 Å². The molecule has 2 nitrogen and oxygen atoms in total. The van der Waals surface area contributed by atoms with E-state index in [1.54, 1.807) is 0 Å². The van der Waals surface area contributed by atoms with Gasteiger partial charge >= 0.3 is 0 Å². The fourth-order valence-electron chi connectivity index (χ4n) is 9.97. The van der Waals surface area contributed by atoms with Crippen LogP contribution in [0.15, 0.2) is 237 Å². The van der Waals surface area contributed by atoms with Crippen molar-refractivity contribution < 1.29 is 4.74 Å². The zero-order chi connectivity index (χ0) is 40.3. The van der Waals surface area contributed by atoms with Crippen LogP contribution in [0, 0.1) is 0 Å². The second kappa shape index (κ2) is 14.1. The van der Waals surface area contributed by atoms with Gasteiger partial charge in [0.1, 0.15) is 11.5 Å². The first-order chi connectivity index (χ1) is 30.2. The Kier molecular flexibility index (Phi) is 8.11. The van der Waals surface area contributed by atoms with Crippen LogP contribution in [0.4, 0.5) is 17.1 Å². The molecule has 1 aliphatic carbocycles. The highest BCUT2D eigenvalue weighted by atomic mass is 16.5. The summed E-state index contributed by atoms with van der Waals surface area (Å²) in [6.07, 6.45) is 0. The Labute approximate surface area is 356 Å². The van der Waals surface area contributed by atoms with Gasteiger partial charge in [-0.25, -0.2) is 0 Å². The summed E-state index contributed by atoms with van der Waals surface area (Å²) in [5, 5.41) is 2.35. The van der Waals surface area contributed by atoms with Gasteiger partial charge in [-0.15, -0.1) is 0 Å². The Bertz CT molecular complexity index is 3220. The molecule has 0 saturated carbocycles. The highest BCUT2D eigenvalue weighted by Crippen LogP contribution is 2.63. The minimum atomic E-state index is -0.627. The summed E-state index contributed by atoms with van der Waals surface area (Å²) in [6, 6.07) is 85.9. The highest BCUT2D eigenvalue weighted by molar-refractivity contribution is 5.95. The third-order valence-electron chi connectivity index (χ3n) is 12.7. The van der Waals surface area contributed by atoms with Gasteiger partial charge in [0.2, 0.25) is 0 Å². The molecular weight excluding hydrogens is 739 g/mol. The van der Waals surface area contributed by atoms with Crippen LogP contribution in [0.3, 0.4) is 0 Å². The smallest absolute Gasteiger partial charge is 0.132 e. The molecule has 0 amide bonds. The SMILES string of the molecule is c1ccc(-c2ccc(N(c3ccc4c(c3)C3(c5cc6ccccc6cc5O4)c4ccccc4-c4ccccc43)c3ccc(-c4ccccc4)cc3-c3ccccc3)cc2)cc1. The summed E-state index contributed by atoms with van der Waals surface area (Å²) >= 11 is 0. The zero-order valence-electron chi connectivity index (χ0n) is 33.4. The molecule has 0 N–H and O–H groups in total. The van der Waals surface area contributed by atoms with E-state index < -0.39 is 5.41 Å². The predicted molar refractivity (Wildman–Crippen MR) is 252 cm³/mol. The lowest BCUT2D eigenvalue weighted by atomic mass is 9.65. The van der Waals surface area contributed by atoms with Crippen LogP contribution in [0.5, 0.6) is 11.5 Å². The number of ether oxygens (including phenoxy) is 1. The topological polar surface area (TPSA) is 12.5 Å². The molecular formula is C59H39NO. The normalized spacial score (nSPS) is 12.9. The first-order valence-electron chi connectivity index (χ1n) is 21.0. The molecule has 1 spiro atoms. The van der Waals surface area contributed by atoms with Crippen LogP contribution >= 0.6 is 0 Å². The lowest BCUT2D eigenvalue weighted by Gasteiger charge is -2.40. The van der Waals surface area contributed by atoms with Crippen LogP contribution in [-0.4, -0.2) is 0 Å². The average molecular weight is 778 g/mol. The summed E-state index contributed by atoms with van der Waals surface area (Å²) in [4.78, 5) is 2.43. The first-order valence-corrected chi connectivity index (χ1v) is 21.0. The summed E-state index contributed by atoms with van der Waals surface area (Å²) in [6.45, 7) is 0. The van der Waals surface area contributed by atoms with Crippen molar-refractivity contribution in [2.24, 2.45) is 0 Å². The maximum absolute atomic E-state index is 7.05. The van der Waals surface area contributed by atoms with Gasteiger partial charge in [0.15, 0.2) is 0 Å². The van der Waals surface area contributed by atoms with Gasteiger partial charge in [0, 0.05) is 28.1 Å². The fraction of sp³-hybridized carbons (Fsp3) is 0.0169. The number of hydrogen-bond donors (Lipinski definition) is 0. The molecule has 0 radical (unpaired) electrons. The van der Waals surface area contributed by atoms with E-state index in [0.717, 1.165) is 56.2 Å². The minimum absolute atomic E-state index is 0.627. The Morgan fingerprint density at radius 2 is 0.787 bits per heavy atom. The van der Waals surface area contributed by atoms with Crippen LogP contribution in [-0.2, 0) is 5.41 Å². The number of hydrogen-bond acceptors (Lipinski definition) is 2. The van der Waals surface area contributed by atoms with E-state index in [-0.39, 0.29) is 0 Å². The fourth-order valence-corrected chi connectivity index (χ4v) is 9.97. The van der Waals surface area contributed by atoms with E-state index in [0.29, 0.717) is 0 Å². The Hall–Kier alpha value is -7.94. The van der Waals surface area contributed by atoms with Crippen molar-refractivity contribution in [3.05, 3.63) is 259 Å². The third kappa shape index (κ3) is 5.57. The predicted octanol–water partition coefficient (Wildman–Crippen LogP) is 15.8. The van der Waals surface area contributed by atoms with Crippen molar-refractivity contribution in [1.29, 1.82) is 0 Å². The van der Waals surface area contributed by atoms with Gasteiger partial charge in [-0.05, 0) is 115 Å². The quantitative estimate of drug-likeness (QED) is 0.167. The van der Waals surface area contributed by atoms with E-state index in [2.05, 4.69) is 241 Å². The first kappa shape index (κ1) is 35.0. The van der Waals surface area contributed by atoms with E-state index in [1.165, 1.54) is 49.9 Å². The van der Waals surface area contributed by atoms with E-state index in [9.17, 15) is 0 Å². The Balaban J connectivity index is 1.13. The zero-order valence-corrected chi connectivity index (χ0v) is 33.4. The van der Waals surface area contributed by atoms with Crippen LogP contribution in [0.25, 0.3) is 55.3 Å². The molecule has 286 valence electrons. The van der Waals surface area contributed by atoms with Gasteiger partial charge < -0.3 is 9.64 Å². The number of rotatable bonds is 6. The molecule has 0 bridgehead atoms. The summed E-state index contributed by atoms with van der Waals surface area (Å²) in [5.41, 5.74) is 16.9. The number of anilines is 3. The lowest BCUT2D eigenvalue weighted by molar-refractivity contribution is 0.437. The van der Waals surface area contributed by atoms with Gasteiger partial charge in [0.05, 0.1) is 11.1 Å². The molecule has 2 heteroatoms. The lowest BCUT2D eigenvalue weighted by Crippen LogP contribution is -2.32. The Morgan fingerprint density at radius 3 is 1.44 bits per heavy atom. The van der Waals surface area contributed by atoms with Crippen molar-refractivity contribution in [3.63, 3.8) is 0 Å². The number of nitrogens with zero attached hydrogens (tertiary/aromatic N) is 1. The largest absolute Gasteiger partial charge is 0.457 e. The summed E-state index contributed by atoms with van der Waals surface area (Å²) in [5.74, 6) is 1.75. The molecule has 10 aromatic carbocycles. The third-order valence-corrected chi connectivity index (χ3v) is 12.7. The second-order valence-corrected chi connectivity index (χ2v) is 16.0. The van der Waals surface area contributed by atoms with Crippen molar-refractivity contribution in [2.45, 2.75) is 5.41 Å². The monoisotopic (exact) mass is 777 g/mol. The number of fused-ring (bicyclic) bond motifs is 10. The molecule has 1 heterocycles. The molecule has 0 unspecified atom stereocenters. The van der Waals surface area contributed by atoms with E-state index >= 15 is 0 Å². The van der Waals surface area contributed by atoms with Crippen molar-refractivity contribution in [2.75, 3.05) is 4.90 Å². The molecule has 2 aliphatic rings. The molecule has 0 atom stereocenters. The van der Waals surface area contributed by atoms with Crippen molar-refractivity contribution in [3.8, 4) is 56.0 Å². The maximum Gasteiger partial charge on any atom is 0.132 e. The molecule has 12 rings (SSSR count). The summed E-state index contributed by atoms with van der Waals surface area (Å²) in [7, 11) is 0. The van der Waals surface area contributed by atoms with E-state index in [1.807, 2.05) is 0 Å². The molecule has 1 aliphatic heterocycles. The maximum atomic E-state index is 7.05. The number of benzene rings is 10. The minimum Gasteiger partial charge on any atom is -0.457 e. The average Bonchev–Trinajstić information content (AvgIpc) is 3.63. The van der Waals surface area contributed by atoms with Crippen LogP contribution in [0.1, 0.15) is 22.3 Å². The summed E-state index contributed by atoms with van der Waals surface area (Å²) < 4.78 is 7.05. The molecule has 0 saturated heterocycles. The second-order valence-electron chi connectivity index (χ2n) is 16.0. The van der Waals surface area contributed by atoms with Gasteiger partial charge in [-0.2, -0.15) is 0 Å². The standard InChI is InChI=1S/C59H39NO/c1-4-16-40(17-5-1)42-28-31-47(32-29-42)60(56-34-30-46(41-18-6-2-7-19-41)36-51(56)43-20-8-3-9-21-43)48-33-35-57-55(39-48)59(54-37-44-22-10-11-23-45(44)38-58(54)61-57)52-26-14-12-24-49(52)50-25-13-15-27-53(50)59/h1-39H. The highest BCUT2D eigenvalue weighted by Gasteiger charge is 2.51. The van der Waals surface area contributed by atoms with Crippen molar-refractivity contribution in [1.82, 2.24) is 0 Å². The molecule has 0 aromatic heterocycles. The molecule has 61 heavy (non-hydrogen) atoms.